The highest BCUT2D eigenvalue weighted by Crippen LogP contribution is 2.35. The van der Waals surface area contributed by atoms with Crippen LogP contribution in [0.4, 0.5) is 11.4 Å². The number of amides is 1. The van der Waals surface area contributed by atoms with E-state index in [9.17, 15) is 13.2 Å². The van der Waals surface area contributed by atoms with Crippen LogP contribution in [0.1, 0.15) is 27.9 Å². The van der Waals surface area contributed by atoms with Crippen LogP contribution < -0.4 is 9.62 Å². The molecule has 1 amide bonds. The summed E-state index contributed by atoms with van der Waals surface area (Å²) in [5.41, 5.74) is 3.67. The minimum absolute atomic E-state index is 0.148. The lowest BCUT2D eigenvalue weighted by Crippen LogP contribution is -2.34. The minimum Gasteiger partial charge on any atom is -0.322 e. The zero-order valence-corrected chi connectivity index (χ0v) is 16.8. The van der Waals surface area contributed by atoms with Gasteiger partial charge in [-0.1, -0.05) is 0 Å². The molecule has 0 radical (unpaired) electrons. The summed E-state index contributed by atoms with van der Waals surface area (Å²) in [6, 6.07) is 10.7. The van der Waals surface area contributed by atoms with E-state index < -0.39 is 10.0 Å². The molecule has 4 rings (SSSR count). The van der Waals surface area contributed by atoms with E-state index in [-0.39, 0.29) is 11.9 Å². The highest BCUT2D eigenvalue weighted by atomic mass is 32.2. The molecule has 1 aromatic heterocycles. The molecule has 1 aliphatic heterocycles. The van der Waals surface area contributed by atoms with E-state index in [0.717, 1.165) is 20.8 Å². The second-order valence-corrected chi connectivity index (χ2v) is 9.92. The van der Waals surface area contributed by atoms with E-state index in [1.165, 1.54) is 10.6 Å². The van der Waals surface area contributed by atoms with Crippen LogP contribution in [0.15, 0.2) is 36.4 Å². The second kappa shape index (κ2) is 6.31. The van der Waals surface area contributed by atoms with Gasteiger partial charge in [0.25, 0.3) is 5.91 Å². The predicted octanol–water partition coefficient (Wildman–Crippen LogP) is 3.57. The number of carbonyl (C=O) groups excluding carboxylic acids is 1. The summed E-state index contributed by atoms with van der Waals surface area (Å²) in [4.78, 5) is 17.1. The molecule has 0 spiro atoms. The van der Waals surface area contributed by atoms with E-state index >= 15 is 0 Å². The van der Waals surface area contributed by atoms with Crippen molar-refractivity contribution >= 4 is 48.9 Å². The van der Waals surface area contributed by atoms with Gasteiger partial charge >= 0.3 is 0 Å². The van der Waals surface area contributed by atoms with Gasteiger partial charge in [-0.2, -0.15) is 0 Å². The summed E-state index contributed by atoms with van der Waals surface area (Å²) >= 11 is 1.58. The minimum atomic E-state index is -3.34. The van der Waals surface area contributed by atoms with Gasteiger partial charge in [0.05, 0.1) is 27.2 Å². The van der Waals surface area contributed by atoms with Crippen LogP contribution in [0.2, 0.25) is 0 Å². The van der Waals surface area contributed by atoms with Gasteiger partial charge in [0.15, 0.2) is 0 Å². The Morgan fingerprint density at radius 2 is 2.04 bits per heavy atom. The van der Waals surface area contributed by atoms with Gasteiger partial charge in [-0.05, 0) is 62.2 Å². The van der Waals surface area contributed by atoms with Crippen molar-refractivity contribution in [3.05, 3.63) is 52.5 Å². The highest BCUT2D eigenvalue weighted by molar-refractivity contribution is 7.92. The molecule has 8 heteroatoms. The van der Waals surface area contributed by atoms with Crippen molar-refractivity contribution in [1.82, 2.24) is 4.98 Å². The number of sulfonamides is 1. The monoisotopic (exact) mass is 401 g/mol. The molecule has 140 valence electrons. The Morgan fingerprint density at radius 3 is 2.78 bits per heavy atom. The van der Waals surface area contributed by atoms with Crippen LogP contribution in [-0.2, 0) is 16.4 Å². The lowest BCUT2D eigenvalue weighted by molar-refractivity contribution is 0.102. The fourth-order valence-corrected chi connectivity index (χ4v) is 5.70. The van der Waals surface area contributed by atoms with Gasteiger partial charge in [0.2, 0.25) is 10.0 Å². The SMILES string of the molecule is Cc1nc2ccc(NC(=O)c3ccc4c(c3)CC(C)N4S(C)(=O)=O)cc2s1. The number of thiazole rings is 1. The van der Waals surface area contributed by atoms with Crippen molar-refractivity contribution in [3.8, 4) is 0 Å². The Labute approximate surface area is 161 Å². The van der Waals surface area contributed by atoms with Gasteiger partial charge in [-0.25, -0.2) is 13.4 Å². The molecule has 27 heavy (non-hydrogen) atoms. The number of benzene rings is 2. The molecule has 2 heterocycles. The quantitative estimate of drug-likeness (QED) is 0.728. The zero-order valence-electron chi connectivity index (χ0n) is 15.2. The van der Waals surface area contributed by atoms with Gasteiger partial charge in [-0.15, -0.1) is 11.3 Å². The average molecular weight is 402 g/mol. The maximum atomic E-state index is 12.7. The van der Waals surface area contributed by atoms with Crippen LogP contribution >= 0.6 is 11.3 Å². The smallest absolute Gasteiger partial charge is 0.255 e. The molecule has 0 saturated heterocycles. The Hall–Kier alpha value is -2.45. The van der Waals surface area contributed by atoms with Crippen LogP contribution in [0.25, 0.3) is 10.2 Å². The Morgan fingerprint density at radius 1 is 1.26 bits per heavy atom. The first kappa shape index (κ1) is 17.9. The molecule has 0 fully saturated rings. The standard InChI is InChI=1S/C19H19N3O3S2/c1-11-8-14-9-13(4-7-17(14)22(11)27(3,24)25)19(23)21-15-5-6-16-18(10-15)26-12(2)20-16/h4-7,9-11H,8H2,1-3H3,(H,21,23). The zero-order chi connectivity index (χ0) is 19.3. The summed E-state index contributed by atoms with van der Waals surface area (Å²) in [6.45, 7) is 3.82. The normalized spacial score (nSPS) is 16.6. The number of nitrogens with zero attached hydrogens (tertiary/aromatic N) is 2. The fraction of sp³-hybridized carbons (Fsp3) is 0.263. The summed E-state index contributed by atoms with van der Waals surface area (Å²) in [7, 11) is -3.34. The van der Waals surface area contributed by atoms with E-state index in [1.54, 1.807) is 29.5 Å². The molecule has 0 aliphatic carbocycles. The number of hydrogen-bond donors (Lipinski definition) is 1. The first-order chi connectivity index (χ1) is 12.7. The third-order valence-electron chi connectivity index (χ3n) is 4.61. The Bertz CT molecular complexity index is 1170. The molecule has 2 aromatic carbocycles. The molecule has 3 aromatic rings. The Balaban J connectivity index is 1.60. The number of nitrogens with one attached hydrogen (secondary N) is 1. The van der Waals surface area contributed by atoms with Crippen molar-refractivity contribution in [2.75, 3.05) is 15.9 Å². The lowest BCUT2D eigenvalue weighted by atomic mass is 10.1. The third kappa shape index (κ3) is 3.30. The molecule has 0 saturated carbocycles. The first-order valence-electron chi connectivity index (χ1n) is 8.53. The molecule has 1 N–H and O–H groups in total. The van der Waals surface area contributed by atoms with Crippen LogP contribution in [-0.4, -0.2) is 31.6 Å². The summed E-state index contributed by atoms with van der Waals surface area (Å²) in [5, 5.41) is 3.89. The summed E-state index contributed by atoms with van der Waals surface area (Å²) < 4.78 is 26.5. The maximum Gasteiger partial charge on any atom is 0.255 e. The predicted molar refractivity (Wildman–Crippen MR) is 109 cm³/mol. The van der Waals surface area contributed by atoms with Gasteiger partial charge in [-0.3, -0.25) is 9.10 Å². The molecular weight excluding hydrogens is 382 g/mol. The van der Waals surface area contributed by atoms with E-state index in [2.05, 4.69) is 10.3 Å². The van der Waals surface area contributed by atoms with Crippen LogP contribution in [0.5, 0.6) is 0 Å². The number of fused-ring (bicyclic) bond motifs is 2. The second-order valence-electron chi connectivity index (χ2n) is 6.82. The summed E-state index contributed by atoms with van der Waals surface area (Å²) in [5.74, 6) is -0.219. The largest absolute Gasteiger partial charge is 0.322 e. The number of aryl methyl sites for hydroxylation is 1. The molecule has 1 aliphatic rings. The van der Waals surface area contributed by atoms with E-state index in [1.807, 2.05) is 32.0 Å². The number of hydrogen-bond acceptors (Lipinski definition) is 5. The fourth-order valence-electron chi connectivity index (χ4n) is 3.57. The molecule has 6 nitrogen and oxygen atoms in total. The van der Waals surface area contributed by atoms with Crippen molar-refractivity contribution in [2.45, 2.75) is 26.3 Å². The third-order valence-corrected chi connectivity index (χ3v) is 6.81. The first-order valence-corrected chi connectivity index (χ1v) is 11.2. The van der Waals surface area contributed by atoms with E-state index in [4.69, 9.17) is 0 Å². The van der Waals surface area contributed by atoms with Crippen LogP contribution in [0, 0.1) is 6.92 Å². The maximum absolute atomic E-state index is 12.7. The van der Waals surface area contributed by atoms with Crippen molar-refractivity contribution in [3.63, 3.8) is 0 Å². The van der Waals surface area contributed by atoms with Crippen LogP contribution in [0.3, 0.4) is 0 Å². The molecule has 1 unspecified atom stereocenters. The lowest BCUT2D eigenvalue weighted by Gasteiger charge is -2.21. The number of anilines is 2. The number of carbonyl (C=O) groups is 1. The summed E-state index contributed by atoms with van der Waals surface area (Å²) in [6.07, 6.45) is 1.80. The Kier molecular flexibility index (Phi) is 4.20. The highest BCUT2D eigenvalue weighted by Gasteiger charge is 2.32. The van der Waals surface area contributed by atoms with Crippen molar-refractivity contribution in [2.24, 2.45) is 0 Å². The molecule has 1 atom stereocenters. The van der Waals surface area contributed by atoms with Gasteiger partial charge in [0, 0.05) is 17.3 Å². The number of aromatic nitrogens is 1. The van der Waals surface area contributed by atoms with E-state index in [0.29, 0.717) is 23.4 Å². The molecular formula is C19H19N3O3S2. The average Bonchev–Trinajstić information content (AvgIpc) is 3.10. The van der Waals surface area contributed by atoms with Gasteiger partial charge in [0.1, 0.15) is 0 Å². The molecule has 0 bridgehead atoms. The van der Waals surface area contributed by atoms with Crippen molar-refractivity contribution in [1.29, 1.82) is 0 Å². The number of rotatable bonds is 3. The van der Waals surface area contributed by atoms with Gasteiger partial charge < -0.3 is 5.32 Å². The topological polar surface area (TPSA) is 79.4 Å². The van der Waals surface area contributed by atoms with Crippen molar-refractivity contribution < 1.29 is 13.2 Å².